The summed E-state index contributed by atoms with van der Waals surface area (Å²) in [5.74, 6) is 0.841. The molecule has 0 fully saturated rings. The number of hydrogen-bond acceptors (Lipinski definition) is 6. The summed E-state index contributed by atoms with van der Waals surface area (Å²) >= 11 is 0. The van der Waals surface area contributed by atoms with Crippen molar-refractivity contribution in [1.29, 1.82) is 0 Å². The van der Waals surface area contributed by atoms with E-state index in [0.29, 0.717) is 28.5 Å². The molecule has 0 aliphatic rings. The van der Waals surface area contributed by atoms with Crippen molar-refractivity contribution in [2.45, 2.75) is 0 Å². The molecule has 0 unspecified atom stereocenters. The second-order valence-corrected chi connectivity index (χ2v) is 4.81. The van der Waals surface area contributed by atoms with Gasteiger partial charge in [-0.05, 0) is 24.3 Å². The summed E-state index contributed by atoms with van der Waals surface area (Å²) in [6.45, 7) is 0. The Hall–Kier alpha value is -3.35. The maximum absolute atomic E-state index is 12.4. The van der Waals surface area contributed by atoms with Crippen LogP contribution in [0.2, 0.25) is 0 Å². The van der Waals surface area contributed by atoms with E-state index in [9.17, 15) is 4.79 Å². The summed E-state index contributed by atoms with van der Waals surface area (Å²) in [4.78, 5) is 16.6. The molecular formula is C17H15N3O4. The summed E-state index contributed by atoms with van der Waals surface area (Å²) in [6.07, 6.45) is 1.66. The van der Waals surface area contributed by atoms with E-state index in [0.717, 1.165) is 0 Å². The summed E-state index contributed by atoms with van der Waals surface area (Å²) in [7, 11) is 3.03. The molecule has 1 N–H and O–H groups in total. The van der Waals surface area contributed by atoms with E-state index in [1.165, 1.54) is 7.11 Å². The van der Waals surface area contributed by atoms with E-state index in [1.807, 2.05) is 12.1 Å². The van der Waals surface area contributed by atoms with Crippen molar-refractivity contribution in [3.8, 4) is 22.9 Å². The number of anilines is 1. The second kappa shape index (κ2) is 6.82. The second-order valence-electron chi connectivity index (χ2n) is 4.81. The number of aromatic nitrogens is 2. The van der Waals surface area contributed by atoms with E-state index in [4.69, 9.17) is 14.0 Å². The van der Waals surface area contributed by atoms with Gasteiger partial charge in [-0.1, -0.05) is 11.2 Å². The van der Waals surface area contributed by atoms with Gasteiger partial charge in [0.25, 0.3) is 5.91 Å². The number of nitrogens with one attached hydrogen (secondary N) is 1. The molecule has 1 amide bonds. The minimum Gasteiger partial charge on any atom is -0.497 e. The van der Waals surface area contributed by atoms with Crippen LogP contribution in [0, 0.1) is 0 Å². The monoisotopic (exact) mass is 325 g/mol. The SMILES string of the molecule is COc1ccc(C(=O)Nc2cc(-c3ccccn3)no2)c(OC)c1. The number of ether oxygens (including phenoxy) is 2. The predicted molar refractivity (Wildman–Crippen MR) is 87.2 cm³/mol. The van der Waals surface area contributed by atoms with Crippen LogP contribution in [0.4, 0.5) is 5.88 Å². The number of carbonyl (C=O) groups is 1. The van der Waals surface area contributed by atoms with Crippen LogP contribution in [0.5, 0.6) is 11.5 Å². The van der Waals surface area contributed by atoms with Crippen molar-refractivity contribution in [3.05, 3.63) is 54.2 Å². The molecule has 3 rings (SSSR count). The molecular weight excluding hydrogens is 310 g/mol. The molecule has 122 valence electrons. The predicted octanol–water partition coefficient (Wildman–Crippen LogP) is 3.01. The summed E-state index contributed by atoms with van der Waals surface area (Å²) in [5, 5.41) is 6.54. The number of methoxy groups -OCH3 is 2. The maximum Gasteiger partial charge on any atom is 0.261 e. The first kappa shape index (κ1) is 15.5. The van der Waals surface area contributed by atoms with Gasteiger partial charge in [0.05, 0.1) is 25.5 Å². The number of hydrogen-bond donors (Lipinski definition) is 1. The minimum absolute atomic E-state index is 0.221. The lowest BCUT2D eigenvalue weighted by Crippen LogP contribution is -2.12. The van der Waals surface area contributed by atoms with Crippen LogP contribution in [-0.4, -0.2) is 30.3 Å². The maximum atomic E-state index is 12.4. The molecule has 0 radical (unpaired) electrons. The summed E-state index contributed by atoms with van der Waals surface area (Å²) in [5.41, 5.74) is 1.55. The van der Waals surface area contributed by atoms with Crippen molar-refractivity contribution in [3.63, 3.8) is 0 Å². The van der Waals surface area contributed by atoms with E-state index in [1.54, 1.807) is 43.6 Å². The molecule has 24 heavy (non-hydrogen) atoms. The average molecular weight is 325 g/mol. The largest absolute Gasteiger partial charge is 0.497 e. The Morgan fingerprint density at radius 3 is 2.67 bits per heavy atom. The van der Waals surface area contributed by atoms with E-state index < -0.39 is 0 Å². The zero-order valence-electron chi connectivity index (χ0n) is 13.1. The fourth-order valence-corrected chi connectivity index (χ4v) is 2.13. The van der Waals surface area contributed by atoms with E-state index in [-0.39, 0.29) is 11.8 Å². The molecule has 0 bridgehead atoms. The van der Waals surface area contributed by atoms with Gasteiger partial charge in [0.2, 0.25) is 5.88 Å². The van der Waals surface area contributed by atoms with Crippen molar-refractivity contribution in [1.82, 2.24) is 10.1 Å². The van der Waals surface area contributed by atoms with Gasteiger partial charge in [-0.15, -0.1) is 0 Å². The van der Waals surface area contributed by atoms with Crippen LogP contribution in [0.25, 0.3) is 11.4 Å². The third kappa shape index (κ3) is 3.19. The summed E-state index contributed by atoms with van der Waals surface area (Å²) in [6, 6.07) is 12.0. The van der Waals surface area contributed by atoms with Crippen molar-refractivity contribution >= 4 is 11.8 Å². The van der Waals surface area contributed by atoms with Gasteiger partial charge < -0.3 is 14.0 Å². The first-order valence-electron chi connectivity index (χ1n) is 7.13. The zero-order chi connectivity index (χ0) is 16.9. The van der Waals surface area contributed by atoms with Crippen LogP contribution in [0.3, 0.4) is 0 Å². The lowest BCUT2D eigenvalue weighted by Gasteiger charge is -2.09. The first-order valence-corrected chi connectivity index (χ1v) is 7.13. The molecule has 0 aliphatic heterocycles. The van der Waals surface area contributed by atoms with E-state index >= 15 is 0 Å². The van der Waals surface area contributed by atoms with Gasteiger partial charge in [-0.2, -0.15) is 0 Å². The van der Waals surface area contributed by atoms with Gasteiger partial charge in [0.15, 0.2) is 0 Å². The Morgan fingerprint density at radius 1 is 1.08 bits per heavy atom. The number of pyridine rings is 1. The molecule has 3 aromatic rings. The molecule has 2 heterocycles. The van der Waals surface area contributed by atoms with Crippen molar-refractivity contribution < 1.29 is 18.8 Å². The number of nitrogens with zero attached hydrogens (tertiary/aromatic N) is 2. The standard InChI is InChI=1S/C17H15N3O4/c1-22-11-6-7-12(15(9-11)23-2)17(21)19-16-10-14(20-24-16)13-5-3-4-8-18-13/h3-10H,1-2H3,(H,19,21). The zero-order valence-corrected chi connectivity index (χ0v) is 13.1. The Bertz CT molecular complexity index is 846. The van der Waals surface area contributed by atoms with Crippen molar-refractivity contribution in [2.24, 2.45) is 0 Å². The third-order valence-corrected chi connectivity index (χ3v) is 3.33. The van der Waals surface area contributed by atoms with Crippen LogP contribution in [-0.2, 0) is 0 Å². The Morgan fingerprint density at radius 2 is 1.96 bits per heavy atom. The molecule has 0 atom stereocenters. The molecule has 7 heteroatoms. The number of carbonyl (C=O) groups excluding carboxylic acids is 1. The highest BCUT2D eigenvalue weighted by atomic mass is 16.5. The fraction of sp³-hybridized carbons (Fsp3) is 0.118. The molecule has 2 aromatic heterocycles. The van der Waals surface area contributed by atoms with Crippen LogP contribution in [0.15, 0.2) is 53.2 Å². The summed E-state index contributed by atoms with van der Waals surface area (Å²) < 4.78 is 15.5. The van der Waals surface area contributed by atoms with E-state index in [2.05, 4.69) is 15.5 Å². The smallest absolute Gasteiger partial charge is 0.261 e. The lowest BCUT2D eigenvalue weighted by atomic mass is 10.1. The first-order chi connectivity index (χ1) is 11.7. The fourth-order valence-electron chi connectivity index (χ4n) is 2.13. The number of amides is 1. The average Bonchev–Trinajstić information content (AvgIpc) is 3.10. The Labute approximate surface area is 138 Å². The Balaban J connectivity index is 1.79. The van der Waals surface area contributed by atoms with Gasteiger partial charge >= 0.3 is 0 Å². The highest BCUT2D eigenvalue weighted by molar-refractivity contribution is 6.05. The molecule has 0 saturated heterocycles. The van der Waals surface area contributed by atoms with Gasteiger partial charge in [-0.25, -0.2) is 0 Å². The van der Waals surface area contributed by atoms with Crippen LogP contribution in [0.1, 0.15) is 10.4 Å². The molecule has 7 nitrogen and oxygen atoms in total. The number of rotatable bonds is 5. The molecule has 0 aliphatic carbocycles. The Kier molecular flexibility index (Phi) is 4.42. The third-order valence-electron chi connectivity index (χ3n) is 3.33. The van der Waals surface area contributed by atoms with Crippen LogP contribution < -0.4 is 14.8 Å². The number of benzene rings is 1. The van der Waals surface area contributed by atoms with Crippen molar-refractivity contribution in [2.75, 3.05) is 19.5 Å². The molecule has 0 spiro atoms. The highest BCUT2D eigenvalue weighted by Crippen LogP contribution is 2.26. The van der Waals surface area contributed by atoms with Crippen LogP contribution >= 0.6 is 0 Å². The quantitative estimate of drug-likeness (QED) is 0.776. The normalized spacial score (nSPS) is 10.2. The highest BCUT2D eigenvalue weighted by Gasteiger charge is 2.16. The minimum atomic E-state index is -0.377. The molecule has 0 saturated carbocycles. The topological polar surface area (TPSA) is 86.5 Å². The molecule has 1 aromatic carbocycles. The van der Waals surface area contributed by atoms with Gasteiger partial charge in [-0.3, -0.25) is 15.1 Å². The lowest BCUT2D eigenvalue weighted by molar-refractivity contribution is 0.102. The van der Waals surface area contributed by atoms with Gasteiger partial charge in [0, 0.05) is 18.3 Å². The van der Waals surface area contributed by atoms with Gasteiger partial charge in [0.1, 0.15) is 17.2 Å².